The lowest BCUT2D eigenvalue weighted by Crippen LogP contribution is -2.37. The summed E-state index contributed by atoms with van der Waals surface area (Å²) in [6.07, 6.45) is 0. The zero-order chi connectivity index (χ0) is 18.0. The van der Waals surface area contributed by atoms with Gasteiger partial charge in [-0.2, -0.15) is 0 Å². The molecule has 0 aliphatic heterocycles. The van der Waals surface area contributed by atoms with Crippen LogP contribution in [-0.2, 0) is 11.3 Å². The van der Waals surface area contributed by atoms with Crippen LogP contribution in [-0.4, -0.2) is 27.8 Å². The number of thiophene rings is 1. The molecule has 2 atom stereocenters. The van der Waals surface area contributed by atoms with E-state index in [2.05, 4.69) is 9.97 Å². The number of nitrogens with two attached hydrogens (primary N) is 1. The number of aromatic nitrogens is 2. The summed E-state index contributed by atoms with van der Waals surface area (Å²) in [5.41, 5.74) is 7.63. The maximum absolute atomic E-state index is 12.7. The minimum Gasteiger partial charge on any atom is -0.338 e. The van der Waals surface area contributed by atoms with Crippen LogP contribution >= 0.6 is 23.7 Å². The molecule has 3 aromatic rings. The fraction of sp³-hybridized carbons (Fsp3) is 0.278. The SMILES string of the molecule is CC(C(=O)N(C)Cc1nc2ccsc2c(=O)[nH]1)C(N)c1ccccc1.Cl. The second-order valence-electron chi connectivity index (χ2n) is 6.07. The first-order valence-corrected chi connectivity index (χ1v) is 8.87. The van der Waals surface area contributed by atoms with E-state index in [0.717, 1.165) is 5.56 Å². The largest absolute Gasteiger partial charge is 0.338 e. The fourth-order valence-electron chi connectivity index (χ4n) is 2.76. The van der Waals surface area contributed by atoms with Crippen molar-refractivity contribution in [2.24, 2.45) is 11.7 Å². The first-order valence-electron chi connectivity index (χ1n) is 7.99. The lowest BCUT2D eigenvalue weighted by molar-refractivity contribution is -0.135. The van der Waals surface area contributed by atoms with Gasteiger partial charge in [0.15, 0.2) is 0 Å². The average molecular weight is 393 g/mol. The minimum atomic E-state index is -0.387. The van der Waals surface area contributed by atoms with Crippen molar-refractivity contribution >= 4 is 39.9 Å². The topological polar surface area (TPSA) is 92.1 Å². The minimum absolute atomic E-state index is 0. The van der Waals surface area contributed by atoms with Gasteiger partial charge in [-0.25, -0.2) is 4.98 Å². The van der Waals surface area contributed by atoms with Crippen LogP contribution in [0.4, 0.5) is 0 Å². The van der Waals surface area contributed by atoms with Gasteiger partial charge in [0, 0.05) is 13.1 Å². The number of H-pyrrole nitrogens is 1. The van der Waals surface area contributed by atoms with Gasteiger partial charge in [-0.15, -0.1) is 23.7 Å². The highest BCUT2D eigenvalue weighted by atomic mass is 35.5. The predicted octanol–water partition coefficient (Wildman–Crippen LogP) is 2.70. The van der Waals surface area contributed by atoms with E-state index in [0.29, 0.717) is 16.0 Å². The highest BCUT2D eigenvalue weighted by Crippen LogP contribution is 2.21. The second kappa shape index (κ2) is 8.44. The number of halogens is 1. The van der Waals surface area contributed by atoms with Gasteiger partial charge in [0.2, 0.25) is 5.91 Å². The molecule has 3 rings (SSSR count). The quantitative estimate of drug-likeness (QED) is 0.698. The van der Waals surface area contributed by atoms with Crippen molar-refractivity contribution in [3.8, 4) is 0 Å². The number of fused-ring (bicyclic) bond motifs is 1. The number of hydrogen-bond donors (Lipinski definition) is 2. The Morgan fingerprint density at radius 2 is 2.00 bits per heavy atom. The molecule has 2 unspecified atom stereocenters. The Balaban J connectivity index is 0.00000243. The first-order chi connectivity index (χ1) is 12.0. The lowest BCUT2D eigenvalue weighted by atomic mass is 9.94. The van der Waals surface area contributed by atoms with Crippen molar-refractivity contribution in [1.82, 2.24) is 14.9 Å². The van der Waals surface area contributed by atoms with Crippen LogP contribution in [0.3, 0.4) is 0 Å². The van der Waals surface area contributed by atoms with E-state index in [1.54, 1.807) is 18.0 Å². The van der Waals surface area contributed by atoms with Crippen LogP contribution in [0.1, 0.15) is 24.4 Å². The summed E-state index contributed by atoms with van der Waals surface area (Å²) >= 11 is 1.35. The van der Waals surface area contributed by atoms with Gasteiger partial charge in [0.05, 0.1) is 18.0 Å². The van der Waals surface area contributed by atoms with Crippen molar-refractivity contribution in [3.05, 3.63) is 63.5 Å². The van der Waals surface area contributed by atoms with Crippen LogP contribution in [0, 0.1) is 5.92 Å². The molecule has 2 aromatic heterocycles. The van der Waals surface area contributed by atoms with E-state index in [-0.39, 0.29) is 42.4 Å². The zero-order valence-corrected chi connectivity index (χ0v) is 16.1. The summed E-state index contributed by atoms with van der Waals surface area (Å²) in [4.78, 5) is 33.4. The summed E-state index contributed by atoms with van der Waals surface area (Å²) in [5.74, 6) is -0.0133. The first kappa shape index (κ1) is 20.1. The van der Waals surface area contributed by atoms with Crippen molar-refractivity contribution in [1.29, 1.82) is 0 Å². The van der Waals surface area contributed by atoms with Crippen LogP contribution in [0.2, 0.25) is 0 Å². The number of nitrogens with zero attached hydrogens (tertiary/aromatic N) is 2. The molecule has 0 bridgehead atoms. The Hall–Kier alpha value is -2.22. The molecule has 26 heavy (non-hydrogen) atoms. The van der Waals surface area contributed by atoms with E-state index in [4.69, 9.17) is 5.73 Å². The van der Waals surface area contributed by atoms with Crippen molar-refractivity contribution in [2.75, 3.05) is 7.05 Å². The summed E-state index contributed by atoms with van der Waals surface area (Å²) < 4.78 is 0.595. The van der Waals surface area contributed by atoms with E-state index < -0.39 is 0 Å². The Labute approximate surface area is 161 Å². The smallest absolute Gasteiger partial charge is 0.268 e. The van der Waals surface area contributed by atoms with Crippen molar-refractivity contribution in [2.45, 2.75) is 19.5 Å². The molecule has 0 fully saturated rings. The van der Waals surface area contributed by atoms with Gasteiger partial charge in [-0.3, -0.25) is 9.59 Å². The zero-order valence-electron chi connectivity index (χ0n) is 14.5. The monoisotopic (exact) mass is 392 g/mol. The van der Waals surface area contributed by atoms with E-state index in [9.17, 15) is 9.59 Å². The molecule has 0 spiro atoms. The summed E-state index contributed by atoms with van der Waals surface area (Å²) in [7, 11) is 1.69. The third kappa shape index (κ3) is 4.12. The van der Waals surface area contributed by atoms with Crippen LogP contribution in [0.5, 0.6) is 0 Å². The molecular weight excluding hydrogens is 372 g/mol. The number of aromatic amines is 1. The lowest BCUT2D eigenvalue weighted by Gasteiger charge is -2.25. The third-order valence-corrected chi connectivity index (χ3v) is 5.14. The second-order valence-corrected chi connectivity index (χ2v) is 6.98. The van der Waals surface area contributed by atoms with Gasteiger partial charge >= 0.3 is 0 Å². The molecule has 0 aliphatic carbocycles. The molecular formula is C18H21ClN4O2S. The molecule has 0 aliphatic rings. The Bertz CT molecular complexity index is 941. The Morgan fingerprint density at radius 3 is 2.69 bits per heavy atom. The number of rotatable bonds is 5. The average Bonchev–Trinajstić information content (AvgIpc) is 3.09. The molecule has 3 N–H and O–H groups in total. The summed E-state index contributed by atoms with van der Waals surface area (Å²) in [5, 5.41) is 1.83. The van der Waals surface area contributed by atoms with Gasteiger partial charge < -0.3 is 15.6 Å². The molecule has 1 aromatic carbocycles. The fourth-order valence-corrected chi connectivity index (χ4v) is 3.49. The van der Waals surface area contributed by atoms with Crippen LogP contribution < -0.4 is 11.3 Å². The van der Waals surface area contributed by atoms with Gasteiger partial charge in [0.25, 0.3) is 5.56 Å². The highest BCUT2D eigenvalue weighted by molar-refractivity contribution is 7.17. The summed E-state index contributed by atoms with van der Waals surface area (Å²) in [6, 6.07) is 11.0. The standard InChI is InChI=1S/C18H20N4O2S.ClH/c1-11(15(19)12-6-4-3-5-7-12)18(24)22(2)10-14-20-13-8-9-25-16(13)17(23)21-14;/h3-9,11,15H,10,19H2,1-2H3,(H,20,21,23);1H. The van der Waals surface area contributed by atoms with Crippen LogP contribution in [0.25, 0.3) is 10.2 Å². The number of amides is 1. The van der Waals surface area contributed by atoms with Gasteiger partial charge in [-0.05, 0) is 17.0 Å². The molecule has 0 saturated carbocycles. The van der Waals surface area contributed by atoms with Crippen molar-refractivity contribution in [3.63, 3.8) is 0 Å². The highest BCUT2D eigenvalue weighted by Gasteiger charge is 2.25. The molecule has 8 heteroatoms. The van der Waals surface area contributed by atoms with Crippen LogP contribution in [0.15, 0.2) is 46.6 Å². The number of carbonyl (C=O) groups is 1. The molecule has 2 heterocycles. The van der Waals surface area contributed by atoms with Gasteiger partial charge in [-0.1, -0.05) is 37.3 Å². The molecule has 6 nitrogen and oxygen atoms in total. The number of benzene rings is 1. The summed E-state index contributed by atoms with van der Waals surface area (Å²) in [6.45, 7) is 2.04. The number of carbonyl (C=O) groups excluding carboxylic acids is 1. The Morgan fingerprint density at radius 1 is 1.31 bits per heavy atom. The number of nitrogens with one attached hydrogen (secondary N) is 1. The Kier molecular flexibility index (Phi) is 6.52. The molecule has 0 saturated heterocycles. The number of hydrogen-bond acceptors (Lipinski definition) is 5. The van der Waals surface area contributed by atoms with Crippen molar-refractivity contribution < 1.29 is 4.79 Å². The normalized spacial score (nSPS) is 13.0. The molecule has 0 radical (unpaired) electrons. The molecule has 138 valence electrons. The van der Waals surface area contributed by atoms with E-state index >= 15 is 0 Å². The molecule has 1 amide bonds. The van der Waals surface area contributed by atoms with E-state index in [1.165, 1.54) is 11.3 Å². The third-order valence-electron chi connectivity index (χ3n) is 4.24. The maximum atomic E-state index is 12.7. The van der Waals surface area contributed by atoms with E-state index in [1.807, 2.05) is 42.6 Å². The maximum Gasteiger partial charge on any atom is 0.268 e. The van der Waals surface area contributed by atoms with Gasteiger partial charge in [0.1, 0.15) is 10.5 Å². The predicted molar refractivity (Wildman–Crippen MR) is 106 cm³/mol.